The van der Waals surface area contributed by atoms with E-state index < -0.39 is 5.54 Å². The van der Waals surface area contributed by atoms with Crippen molar-refractivity contribution in [2.45, 2.75) is 30.9 Å². The van der Waals surface area contributed by atoms with Crippen molar-refractivity contribution in [3.8, 4) is 0 Å². The Morgan fingerprint density at radius 2 is 2.25 bits per heavy atom. The molecule has 0 bridgehead atoms. The van der Waals surface area contributed by atoms with Crippen LogP contribution in [0.2, 0.25) is 0 Å². The molecule has 3 N–H and O–H groups in total. The topological polar surface area (TPSA) is 66.6 Å². The van der Waals surface area contributed by atoms with Gasteiger partial charge in [0.1, 0.15) is 0 Å². The zero-order valence-electron chi connectivity index (χ0n) is 6.99. The lowest BCUT2D eigenvalue weighted by molar-refractivity contribution is -0.132. The number of rotatable bonds is 1. The molecule has 0 spiro atoms. The fraction of sp³-hybridized carbons (Fsp3) is 0.875. The van der Waals surface area contributed by atoms with Crippen LogP contribution in [0.3, 0.4) is 0 Å². The van der Waals surface area contributed by atoms with Crippen molar-refractivity contribution in [1.29, 1.82) is 0 Å². The maximum absolute atomic E-state index is 11.6. The molecular formula is C8H14N2O2. The number of aliphatic hydroxyl groups is 1. The normalized spacial score (nSPS) is 32.2. The van der Waals surface area contributed by atoms with E-state index in [4.69, 9.17) is 5.73 Å². The van der Waals surface area contributed by atoms with E-state index in [0.29, 0.717) is 19.5 Å². The molecule has 1 aliphatic carbocycles. The molecule has 4 nitrogen and oxygen atoms in total. The molecule has 1 amide bonds. The van der Waals surface area contributed by atoms with Gasteiger partial charge >= 0.3 is 0 Å². The van der Waals surface area contributed by atoms with Gasteiger partial charge in [-0.15, -0.1) is 0 Å². The van der Waals surface area contributed by atoms with Crippen LogP contribution in [0.1, 0.15) is 19.3 Å². The molecule has 0 unspecified atom stereocenters. The van der Waals surface area contributed by atoms with Gasteiger partial charge in [-0.3, -0.25) is 4.79 Å². The fourth-order valence-electron chi connectivity index (χ4n) is 1.59. The minimum Gasteiger partial charge on any atom is -0.391 e. The molecule has 0 radical (unpaired) electrons. The predicted molar refractivity (Wildman–Crippen MR) is 43.4 cm³/mol. The van der Waals surface area contributed by atoms with E-state index in [2.05, 4.69) is 0 Å². The Kier molecular flexibility index (Phi) is 1.63. The fourth-order valence-corrected chi connectivity index (χ4v) is 1.59. The van der Waals surface area contributed by atoms with Gasteiger partial charge in [0.15, 0.2) is 0 Å². The van der Waals surface area contributed by atoms with E-state index in [1.54, 1.807) is 4.90 Å². The van der Waals surface area contributed by atoms with Crippen molar-refractivity contribution >= 4 is 5.91 Å². The van der Waals surface area contributed by atoms with E-state index in [0.717, 1.165) is 12.8 Å². The van der Waals surface area contributed by atoms with Gasteiger partial charge in [0.05, 0.1) is 11.6 Å². The third-order valence-electron chi connectivity index (χ3n) is 2.67. The second kappa shape index (κ2) is 2.44. The monoisotopic (exact) mass is 170 g/mol. The summed E-state index contributed by atoms with van der Waals surface area (Å²) in [6.45, 7) is 1.14. The second-order valence-corrected chi connectivity index (χ2v) is 3.85. The van der Waals surface area contributed by atoms with Gasteiger partial charge in [0.25, 0.3) is 0 Å². The number of nitrogens with zero attached hydrogens (tertiary/aromatic N) is 1. The summed E-state index contributed by atoms with van der Waals surface area (Å²) in [4.78, 5) is 13.2. The molecule has 1 aliphatic heterocycles. The molecule has 0 aromatic heterocycles. The van der Waals surface area contributed by atoms with Gasteiger partial charge in [0.2, 0.25) is 5.91 Å². The molecule has 0 aromatic carbocycles. The van der Waals surface area contributed by atoms with Gasteiger partial charge in [-0.05, 0) is 19.3 Å². The molecule has 2 fully saturated rings. The number of carbonyl (C=O) groups is 1. The van der Waals surface area contributed by atoms with Gasteiger partial charge in [-0.25, -0.2) is 0 Å². The first-order chi connectivity index (χ1) is 5.62. The smallest absolute Gasteiger partial charge is 0.242 e. The highest BCUT2D eigenvalue weighted by Crippen LogP contribution is 2.34. The first kappa shape index (κ1) is 8.01. The number of amides is 1. The van der Waals surface area contributed by atoms with Gasteiger partial charge in [0, 0.05) is 13.1 Å². The molecular weight excluding hydrogens is 156 g/mol. The van der Waals surface area contributed by atoms with Crippen molar-refractivity contribution in [2.24, 2.45) is 5.73 Å². The van der Waals surface area contributed by atoms with Crippen molar-refractivity contribution in [3.05, 3.63) is 0 Å². The van der Waals surface area contributed by atoms with Crippen LogP contribution in [0.4, 0.5) is 0 Å². The molecule has 2 rings (SSSR count). The van der Waals surface area contributed by atoms with Crippen LogP contribution in [-0.4, -0.2) is 40.6 Å². The zero-order valence-corrected chi connectivity index (χ0v) is 6.99. The van der Waals surface area contributed by atoms with E-state index in [1.165, 1.54) is 0 Å². The van der Waals surface area contributed by atoms with Crippen molar-refractivity contribution < 1.29 is 9.90 Å². The third-order valence-corrected chi connectivity index (χ3v) is 2.67. The average Bonchev–Trinajstić information content (AvgIpc) is 2.62. The predicted octanol–water partition coefficient (Wildman–Crippen LogP) is -0.929. The zero-order chi connectivity index (χ0) is 8.77. The Labute approximate surface area is 71.3 Å². The lowest BCUT2D eigenvalue weighted by Crippen LogP contribution is -2.44. The molecule has 0 aromatic rings. The van der Waals surface area contributed by atoms with E-state index in [1.807, 2.05) is 0 Å². The summed E-state index contributed by atoms with van der Waals surface area (Å²) in [5.41, 5.74) is 5.18. The van der Waals surface area contributed by atoms with E-state index in [-0.39, 0.29) is 12.0 Å². The SMILES string of the molecule is NC1(C(=O)N2CC[C@H](O)C2)CC1. The second-order valence-electron chi connectivity index (χ2n) is 3.85. The highest BCUT2D eigenvalue weighted by Gasteiger charge is 2.49. The Morgan fingerprint density at radius 3 is 2.67 bits per heavy atom. The Hall–Kier alpha value is -0.610. The first-order valence-electron chi connectivity index (χ1n) is 4.38. The highest BCUT2D eigenvalue weighted by atomic mass is 16.3. The Bertz CT molecular complexity index is 213. The summed E-state index contributed by atoms with van der Waals surface area (Å²) < 4.78 is 0. The van der Waals surface area contributed by atoms with Crippen molar-refractivity contribution in [2.75, 3.05) is 13.1 Å². The van der Waals surface area contributed by atoms with Crippen LogP contribution in [0.25, 0.3) is 0 Å². The summed E-state index contributed by atoms with van der Waals surface area (Å²) in [6.07, 6.45) is 1.97. The molecule has 1 heterocycles. The largest absolute Gasteiger partial charge is 0.391 e. The quantitative estimate of drug-likeness (QED) is 0.534. The van der Waals surface area contributed by atoms with Gasteiger partial charge in [-0.2, -0.15) is 0 Å². The minimum absolute atomic E-state index is 0.0269. The first-order valence-corrected chi connectivity index (χ1v) is 4.38. The number of β-amino-alcohol motifs (C(OH)–C–C–N with tert-alkyl or cyclic N) is 1. The molecule has 68 valence electrons. The van der Waals surface area contributed by atoms with Crippen LogP contribution in [0, 0.1) is 0 Å². The van der Waals surface area contributed by atoms with E-state index >= 15 is 0 Å². The Morgan fingerprint density at radius 1 is 1.58 bits per heavy atom. The summed E-state index contributed by atoms with van der Waals surface area (Å²) >= 11 is 0. The third kappa shape index (κ3) is 1.21. The number of hydrogen-bond donors (Lipinski definition) is 2. The van der Waals surface area contributed by atoms with Crippen molar-refractivity contribution in [3.63, 3.8) is 0 Å². The maximum atomic E-state index is 11.6. The Balaban J connectivity index is 1.97. The van der Waals surface area contributed by atoms with Gasteiger partial charge in [-0.1, -0.05) is 0 Å². The molecule has 12 heavy (non-hydrogen) atoms. The number of nitrogens with two attached hydrogens (primary N) is 1. The number of aliphatic hydroxyl groups excluding tert-OH is 1. The molecule has 1 saturated heterocycles. The minimum atomic E-state index is -0.565. The van der Waals surface area contributed by atoms with Crippen LogP contribution in [0.15, 0.2) is 0 Å². The lowest BCUT2D eigenvalue weighted by Gasteiger charge is -2.19. The summed E-state index contributed by atoms with van der Waals surface area (Å²) in [6, 6.07) is 0. The van der Waals surface area contributed by atoms with E-state index in [9.17, 15) is 9.90 Å². The number of carbonyl (C=O) groups excluding carboxylic acids is 1. The van der Waals surface area contributed by atoms with Gasteiger partial charge < -0.3 is 15.7 Å². The molecule has 4 heteroatoms. The standard InChI is InChI=1S/C8H14N2O2/c9-8(2-3-8)7(12)10-4-1-6(11)5-10/h6,11H,1-5,9H2/t6-/m0/s1. The summed E-state index contributed by atoms with van der Waals surface area (Å²) in [5.74, 6) is 0.0269. The summed E-state index contributed by atoms with van der Waals surface area (Å²) in [7, 11) is 0. The number of likely N-dealkylation sites (tertiary alicyclic amines) is 1. The maximum Gasteiger partial charge on any atom is 0.242 e. The summed E-state index contributed by atoms with van der Waals surface area (Å²) in [5, 5.41) is 9.20. The van der Waals surface area contributed by atoms with Crippen LogP contribution in [-0.2, 0) is 4.79 Å². The average molecular weight is 170 g/mol. The van der Waals surface area contributed by atoms with Crippen LogP contribution < -0.4 is 5.73 Å². The highest BCUT2D eigenvalue weighted by molar-refractivity contribution is 5.89. The lowest BCUT2D eigenvalue weighted by atomic mass is 10.2. The molecule has 2 aliphatic rings. The number of hydrogen-bond acceptors (Lipinski definition) is 3. The van der Waals surface area contributed by atoms with Crippen molar-refractivity contribution in [1.82, 2.24) is 4.90 Å². The van der Waals surface area contributed by atoms with Crippen LogP contribution >= 0.6 is 0 Å². The van der Waals surface area contributed by atoms with Crippen LogP contribution in [0.5, 0.6) is 0 Å². The molecule has 1 atom stereocenters. The molecule has 1 saturated carbocycles.